The Hall–Kier alpha value is -2.28. The fraction of sp³-hybridized carbons (Fsp3) is 0.389. The fourth-order valence-electron chi connectivity index (χ4n) is 3.08. The van der Waals surface area contributed by atoms with Crippen molar-refractivity contribution in [3.05, 3.63) is 51.7 Å². The van der Waals surface area contributed by atoms with Crippen LogP contribution in [0.15, 0.2) is 29.6 Å². The maximum absolute atomic E-state index is 13.3. The molecule has 1 aromatic carbocycles. The van der Waals surface area contributed by atoms with Crippen LogP contribution in [0.25, 0.3) is 0 Å². The normalized spacial score (nSPS) is 20.5. The van der Waals surface area contributed by atoms with Crippen LogP contribution in [0.5, 0.6) is 0 Å². The Labute approximate surface area is 149 Å². The van der Waals surface area contributed by atoms with Gasteiger partial charge in [0.1, 0.15) is 17.6 Å². The number of benzene rings is 1. The Bertz CT molecular complexity index is 792. The van der Waals surface area contributed by atoms with Crippen molar-refractivity contribution in [3.63, 3.8) is 0 Å². The lowest BCUT2D eigenvalue weighted by Crippen LogP contribution is -2.49. The summed E-state index contributed by atoms with van der Waals surface area (Å²) in [7, 11) is 0. The molecule has 1 amide bonds. The van der Waals surface area contributed by atoms with E-state index < -0.39 is 12.0 Å². The first-order valence-corrected chi connectivity index (χ1v) is 9.04. The average molecular weight is 362 g/mol. The second kappa shape index (κ2) is 7.31. The van der Waals surface area contributed by atoms with Gasteiger partial charge < -0.3 is 10.0 Å². The van der Waals surface area contributed by atoms with Crippen molar-refractivity contribution in [1.82, 2.24) is 9.88 Å². The van der Waals surface area contributed by atoms with E-state index in [0.29, 0.717) is 24.4 Å². The van der Waals surface area contributed by atoms with Crippen LogP contribution in [0.3, 0.4) is 0 Å². The third-order valence-corrected chi connectivity index (χ3v) is 5.27. The molecule has 0 aliphatic carbocycles. The Morgan fingerprint density at radius 1 is 1.44 bits per heavy atom. The topological polar surface area (TPSA) is 70.5 Å². The Balaban J connectivity index is 1.74. The van der Waals surface area contributed by atoms with Crippen LogP contribution in [-0.2, 0) is 11.2 Å². The standard InChI is InChI=1S/C18H19FN2O3S/c1-11-5-6-21(15(7-11)18(23)24)17(22)14-10-25-16(20-14)9-12-3-2-4-13(19)8-12/h2-4,8,10-11,15H,5-7,9H2,1H3,(H,23,24). The fourth-order valence-corrected chi connectivity index (χ4v) is 3.88. The van der Waals surface area contributed by atoms with E-state index in [1.165, 1.54) is 28.4 Å². The van der Waals surface area contributed by atoms with E-state index in [0.717, 1.165) is 12.0 Å². The highest BCUT2D eigenvalue weighted by Gasteiger charge is 2.35. The summed E-state index contributed by atoms with van der Waals surface area (Å²) in [5, 5.41) is 11.7. The van der Waals surface area contributed by atoms with Crippen molar-refractivity contribution in [3.8, 4) is 0 Å². The SMILES string of the molecule is CC1CCN(C(=O)c2csc(Cc3cccc(F)c3)n2)C(C(=O)O)C1. The lowest BCUT2D eigenvalue weighted by Gasteiger charge is -2.35. The van der Waals surface area contributed by atoms with Gasteiger partial charge in [-0.25, -0.2) is 14.2 Å². The van der Waals surface area contributed by atoms with Crippen molar-refractivity contribution in [2.75, 3.05) is 6.54 Å². The minimum Gasteiger partial charge on any atom is -0.480 e. The molecule has 1 fully saturated rings. The number of hydrogen-bond donors (Lipinski definition) is 1. The number of carboxylic acid groups (broad SMARTS) is 1. The molecular weight excluding hydrogens is 343 g/mol. The van der Waals surface area contributed by atoms with Gasteiger partial charge in [0, 0.05) is 18.3 Å². The minimum atomic E-state index is -0.977. The highest BCUT2D eigenvalue weighted by molar-refractivity contribution is 7.09. The van der Waals surface area contributed by atoms with Crippen LogP contribution in [-0.4, -0.2) is 39.5 Å². The molecule has 5 nitrogen and oxygen atoms in total. The number of nitrogens with zero attached hydrogens (tertiary/aromatic N) is 2. The van der Waals surface area contributed by atoms with Gasteiger partial charge in [-0.2, -0.15) is 0 Å². The lowest BCUT2D eigenvalue weighted by molar-refractivity contribution is -0.144. The first-order valence-electron chi connectivity index (χ1n) is 8.16. The van der Waals surface area contributed by atoms with E-state index in [1.54, 1.807) is 17.5 Å². The number of halogens is 1. The number of hydrogen-bond acceptors (Lipinski definition) is 4. The van der Waals surface area contributed by atoms with Gasteiger partial charge in [0.05, 0.1) is 5.01 Å². The summed E-state index contributed by atoms with van der Waals surface area (Å²) < 4.78 is 13.3. The van der Waals surface area contributed by atoms with Gasteiger partial charge in [-0.1, -0.05) is 19.1 Å². The second-order valence-electron chi connectivity index (χ2n) is 6.42. The summed E-state index contributed by atoms with van der Waals surface area (Å²) in [5.74, 6) is -1.35. The predicted octanol–water partition coefficient (Wildman–Crippen LogP) is 3.20. The zero-order chi connectivity index (χ0) is 18.0. The van der Waals surface area contributed by atoms with Crippen molar-refractivity contribution < 1.29 is 19.1 Å². The van der Waals surface area contributed by atoms with Gasteiger partial charge in [0.2, 0.25) is 0 Å². The van der Waals surface area contributed by atoms with E-state index in [1.807, 2.05) is 6.92 Å². The molecule has 25 heavy (non-hydrogen) atoms. The maximum atomic E-state index is 13.3. The molecule has 2 unspecified atom stereocenters. The zero-order valence-corrected chi connectivity index (χ0v) is 14.6. The number of rotatable bonds is 4. The summed E-state index contributed by atoms with van der Waals surface area (Å²) >= 11 is 1.32. The van der Waals surface area contributed by atoms with Crippen molar-refractivity contribution in [2.24, 2.45) is 5.92 Å². The number of amides is 1. The summed E-state index contributed by atoms with van der Waals surface area (Å²) in [6, 6.07) is 5.46. The van der Waals surface area contributed by atoms with Crippen molar-refractivity contribution in [1.29, 1.82) is 0 Å². The lowest BCUT2D eigenvalue weighted by atomic mass is 9.92. The molecule has 2 aromatic rings. The second-order valence-corrected chi connectivity index (χ2v) is 7.36. The molecule has 7 heteroatoms. The number of likely N-dealkylation sites (tertiary alicyclic amines) is 1. The summed E-state index contributed by atoms with van der Waals surface area (Å²) in [6.07, 6.45) is 1.69. The first-order chi connectivity index (χ1) is 11.9. The van der Waals surface area contributed by atoms with Crippen LogP contribution >= 0.6 is 11.3 Å². The number of aromatic nitrogens is 1. The number of thiazole rings is 1. The third kappa shape index (κ3) is 4.04. The predicted molar refractivity (Wildman–Crippen MR) is 92.2 cm³/mol. The molecule has 1 aromatic heterocycles. The van der Waals surface area contributed by atoms with Crippen molar-refractivity contribution in [2.45, 2.75) is 32.2 Å². The highest BCUT2D eigenvalue weighted by atomic mass is 32.1. The van der Waals surface area contributed by atoms with Crippen molar-refractivity contribution >= 4 is 23.2 Å². The summed E-state index contributed by atoms with van der Waals surface area (Å²) in [6.45, 7) is 2.42. The molecule has 3 rings (SSSR count). The molecule has 2 atom stereocenters. The van der Waals surface area contributed by atoms with Gasteiger partial charge in [-0.3, -0.25) is 4.79 Å². The number of piperidine rings is 1. The molecule has 2 heterocycles. The van der Waals surface area contributed by atoms with E-state index in [-0.39, 0.29) is 23.3 Å². The van der Waals surface area contributed by atoms with Crippen LogP contribution in [0, 0.1) is 11.7 Å². The molecule has 0 spiro atoms. The van der Waals surface area contributed by atoms with Gasteiger partial charge in [-0.05, 0) is 36.5 Å². The number of carbonyl (C=O) groups is 2. The quantitative estimate of drug-likeness (QED) is 0.907. The Morgan fingerprint density at radius 3 is 2.96 bits per heavy atom. The largest absolute Gasteiger partial charge is 0.480 e. The summed E-state index contributed by atoms with van der Waals surface area (Å²) in [5.41, 5.74) is 1.04. The van der Waals surface area contributed by atoms with Crippen LogP contribution in [0.4, 0.5) is 4.39 Å². The molecular formula is C18H19FN2O3S. The molecule has 1 aliphatic heterocycles. The Kier molecular flexibility index (Phi) is 5.13. The van der Waals surface area contributed by atoms with E-state index in [4.69, 9.17) is 0 Å². The average Bonchev–Trinajstić information content (AvgIpc) is 3.02. The Morgan fingerprint density at radius 2 is 2.24 bits per heavy atom. The molecule has 132 valence electrons. The molecule has 1 aliphatic rings. The van der Waals surface area contributed by atoms with Gasteiger partial charge in [0.15, 0.2) is 0 Å². The van der Waals surface area contributed by atoms with Crippen LogP contribution in [0.2, 0.25) is 0 Å². The highest BCUT2D eigenvalue weighted by Crippen LogP contribution is 2.25. The summed E-state index contributed by atoms with van der Waals surface area (Å²) in [4.78, 5) is 29.9. The third-order valence-electron chi connectivity index (χ3n) is 4.43. The van der Waals surface area contributed by atoms with E-state index in [9.17, 15) is 19.1 Å². The first kappa shape index (κ1) is 17.5. The number of carboxylic acids is 1. The molecule has 0 bridgehead atoms. The molecule has 0 radical (unpaired) electrons. The van der Waals surface area contributed by atoms with E-state index in [2.05, 4.69) is 4.98 Å². The van der Waals surface area contributed by atoms with Gasteiger partial charge in [-0.15, -0.1) is 11.3 Å². The monoisotopic (exact) mass is 362 g/mol. The molecule has 0 saturated carbocycles. The number of carbonyl (C=O) groups excluding carboxylic acids is 1. The number of aliphatic carboxylic acids is 1. The molecule has 1 saturated heterocycles. The minimum absolute atomic E-state index is 0.261. The molecule has 1 N–H and O–H groups in total. The maximum Gasteiger partial charge on any atom is 0.326 e. The van der Waals surface area contributed by atoms with Gasteiger partial charge >= 0.3 is 5.97 Å². The smallest absolute Gasteiger partial charge is 0.326 e. The van der Waals surface area contributed by atoms with Crippen LogP contribution in [0.1, 0.15) is 40.8 Å². The van der Waals surface area contributed by atoms with E-state index >= 15 is 0 Å². The van der Waals surface area contributed by atoms with Crippen LogP contribution < -0.4 is 0 Å². The van der Waals surface area contributed by atoms with Gasteiger partial charge in [0.25, 0.3) is 5.91 Å². The zero-order valence-electron chi connectivity index (χ0n) is 13.8.